The minimum atomic E-state index is -0.275. The number of aromatic nitrogens is 2. The Bertz CT molecular complexity index is 628. The maximum absolute atomic E-state index is 11.7. The van der Waals surface area contributed by atoms with E-state index in [-0.39, 0.29) is 6.09 Å². The van der Waals surface area contributed by atoms with Crippen LogP contribution in [0.1, 0.15) is 25.2 Å². The van der Waals surface area contributed by atoms with Crippen molar-refractivity contribution in [3.8, 4) is 0 Å². The molecule has 1 amide bonds. The van der Waals surface area contributed by atoms with Crippen LogP contribution in [0.3, 0.4) is 0 Å². The summed E-state index contributed by atoms with van der Waals surface area (Å²) in [5.74, 6) is 0. The number of nitrogens with zero attached hydrogens (tertiary/aromatic N) is 5. The summed E-state index contributed by atoms with van der Waals surface area (Å²) in [5.41, 5.74) is 5.16. The molecule has 1 aromatic rings. The van der Waals surface area contributed by atoms with Gasteiger partial charge >= 0.3 is 6.09 Å². The summed E-state index contributed by atoms with van der Waals surface area (Å²) < 4.78 is 5.00. The molecular weight excluding hydrogens is 328 g/mol. The highest BCUT2D eigenvalue weighted by atomic mass is 32.1. The number of carbonyl (C=O) groups is 1. The van der Waals surface area contributed by atoms with Crippen molar-refractivity contribution in [1.82, 2.24) is 25.2 Å². The second kappa shape index (κ2) is 8.53. The van der Waals surface area contributed by atoms with Crippen molar-refractivity contribution in [2.75, 3.05) is 32.8 Å². The fourth-order valence-electron chi connectivity index (χ4n) is 2.32. The lowest BCUT2D eigenvalue weighted by molar-refractivity contribution is 0.0919. The molecule has 8 nitrogen and oxygen atoms in total. The highest BCUT2D eigenvalue weighted by molar-refractivity contribution is 7.80. The molecule has 0 saturated carbocycles. The van der Waals surface area contributed by atoms with Crippen molar-refractivity contribution in [2.45, 2.75) is 20.8 Å². The summed E-state index contributed by atoms with van der Waals surface area (Å²) in [7, 11) is 0. The van der Waals surface area contributed by atoms with E-state index < -0.39 is 0 Å². The van der Waals surface area contributed by atoms with Crippen LogP contribution in [0.5, 0.6) is 0 Å². The van der Waals surface area contributed by atoms with Gasteiger partial charge in [0.25, 0.3) is 0 Å². The number of hydrogen-bond donors (Lipinski definition) is 1. The van der Waals surface area contributed by atoms with Crippen molar-refractivity contribution in [3.63, 3.8) is 0 Å². The Kier molecular flexibility index (Phi) is 6.42. The largest absolute Gasteiger partial charge is 0.450 e. The lowest BCUT2D eigenvalue weighted by Gasteiger charge is -2.34. The number of ether oxygens (including phenoxy) is 1. The molecule has 0 spiro atoms. The molecule has 24 heavy (non-hydrogen) atoms. The number of aryl methyl sites for hydroxylation is 1. The highest BCUT2D eigenvalue weighted by Crippen LogP contribution is 2.05. The fraction of sp³-hybridized carbons (Fsp3) is 0.533. The van der Waals surface area contributed by atoms with E-state index in [1.54, 1.807) is 24.2 Å². The molecule has 0 atom stereocenters. The molecule has 1 aliphatic heterocycles. The van der Waals surface area contributed by atoms with Gasteiger partial charge in [-0.25, -0.2) is 4.79 Å². The zero-order valence-electron chi connectivity index (χ0n) is 14.2. The summed E-state index contributed by atoms with van der Waals surface area (Å²) in [6, 6.07) is 0. The first-order valence-electron chi connectivity index (χ1n) is 7.81. The first-order chi connectivity index (χ1) is 11.5. The number of nitrogens with one attached hydrogen (secondary N) is 1. The van der Waals surface area contributed by atoms with E-state index in [2.05, 4.69) is 20.5 Å². The van der Waals surface area contributed by atoms with Gasteiger partial charge in [0.05, 0.1) is 18.0 Å². The summed E-state index contributed by atoms with van der Waals surface area (Å²) in [5, 5.41) is 4.82. The number of hydrazone groups is 1. The van der Waals surface area contributed by atoms with Gasteiger partial charge in [-0.05, 0) is 33.0 Å². The molecule has 9 heteroatoms. The number of thiocarbonyl (C=S) groups is 1. The molecule has 0 aliphatic carbocycles. The lowest BCUT2D eigenvalue weighted by Crippen LogP contribution is -2.52. The molecular formula is C15H22N6O2S. The Labute approximate surface area is 146 Å². The number of carbonyl (C=O) groups excluding carboxylic acids is 1. The number of piperazine rings is 1. The fourth-order valence-corrected chi connectivity index (χ4v) is 2.55. The minimum absolute atomic E-state index is 0.275. The van der Waals surface area contributed by atoms with Crippen LogP contribution >= 0.6 is 12.2 Å². The lowest BCUT2D eigenvalue weighted by atomic mass is 10.2. The van der Waals surface area contributed by atoms with Gasteiger partial charge in [0.2, 0.25) is 0 Å². The first-order valence-corrected chi connectivity index (χ1v) is 8.22. The standard InChI is InChI=1S/C15H22N6O2S/c1-4-23-15(22)21-9-7-20(8-10-21)14(24)19-18-12(3)13-11(2)16-5-6-17-13/h5-6H,4,7-10H2,1-3H3,(H,19,24)/b18-12+. The van der Waals surface area contributed by atoms with E-state index in [0.717, 1.165) is 11.4 Å². The van der Waals surface area contributed by atoms with Crippen LogP contribution in [0.2, 0.25) is 0 Å². The quantitative estimate of drug-likeness (QED) is 0.497. The van der Waals surface area contributed by atoms with Gasteiger partial charge in [0, 0.05) is 38.6 Å². The van der Waals surface area contributed by atoms with E-state index in [4.69, 9.17) is 17.0 Å². The van der Waals surface area contributed by atoms with Gasteiger partial charge in [0.1, 0.15) is 5.69 Å². The second-order valence-corrected chi connectivity index (χ2v) is 5.66. The van der Waals surface area contributed by atoms with Crippen LogP contribution in [-0.4, -0.2) is 69.5 Å². The maximum Gasteiger partial charge on any atom is 0.409 e. The SMILES string of the molecule is CCOC(=O)N1CCN(C(=S)N/N=C(\C)c2nccnc2C)CC1. The van der Waals surface area contributed by atoms with Crippen LogP contribution in [0.4, 0.5) is 4.79 Å². The van der Waals surface area contributed by atoms with Gasteiger partial charge in [0.15, 0.2) is 5.11 Å². The Hall–Kier alpha value is -2.29. The van der Waals surface area contributed by atoms with Crippen LogP contribution < -0.4 is 5.43 Å². The van der Waals surface area contributed by atoms with Crippen molar-refractivity contribution in [2.24, 2.45) is 5.10 Å². The van der Waals surface area contributed by atoms with Crippen LogP contribution in [0.15, 0.2) is 17.5 Å². The zero-order valence-corrected chi connectivity index (χ0v) is 15.0. The van der Waals surface area contributed by atoms with Gasteiger partial charge in [-0.2, -0.15) is 5.10 Å². The molecule has 1 aromatic heterocycles. The third-order valence-corrected chi connectivity index (χ3v) is 3.99. The predicted molar refractivity (Wildman–Crippen MR) is 94.9 cm³/mol. The molecule has 130 valence electrons. The third kappa shape index (κ3) is 4.60. The van der Waals surface area contributed by atoms with Crippen LogP contribution in [-0.2, 0) is 4.74 Å². The van der Waals surface area contributed by atoms with Gasteiger partial charge in [-0.3, -0.25) is 15.4 Å². The molecule has 2 heterocycles. The molecule has 1 N–H and O–H groups in total. The maximum atomic E-state index is 11.7. The average Bonchev–Trinajstić information content (AvgIpc) is 2.60. The number of rotatable bonds is 3. The second-order valence-electron chi connectivity index (χ2n) is 5.28. The summed E-state index contributed by atoms with van der Waals surface area (Å²) >= 11 is 5.37. The Morgan fingerprint density at radius 3 is 2.54 bits per heavy atom. The van der Waals surface area contributed by atoms with E-state index in [1.165, 1.54) is 0 Å². The minimum Gasteiger partial charge on any atom is -0.450 e. The van der Waals surface area contributed by atoms with Gasteiger partial charge in [-0.1, -0.05) is 0 Å². The Balaban J connectivity index is 1.87. The molecule has 1 saturated heterocycles. The van der Waals surface area contributed by atoms with Crippen molar-refractivity contribution >= 4 is 29.1 Å². The first kappa shape index (κ1) is 18.1. The van der Waals surface area contributed by atoms with Gasteiger partial charge < -0.3 is 14.5 Å². The van der Waals surface area contributed by atoms with Gasteiger partial charge in [-0.15, -0.1) is 0 Å². The van der Waals surface area contributed by atoms with Crippen molar-refractivity contribution < 1.29 is 9.53 Å². The van der Waals surface area contributed by atoms with Crippen LogP contribution in [0.25, 0.3) is 0 Å². The molecule has 1 aliphatic rings. The molecule has 0 aromatic carbocycles. The monoisotopic (exact) mass is 350 g/mol. The summed E-state index contributed by atoms with van der Waals surface area (Å²) in [6.07, 6.45) is 3.00. The summed E-state index contributed by atoms with van der Waals surface area (Å²) in [4.78, 5) is 23.8. The zero-order chi connectivity index (χ0) is 17.5. The predicted octanol–water partition coefficient (Wildman–Crippen LogP) is 1.16. The normalized spacial score (nSPS) is 15.2. The molecule has 0 radical (unpaired) electrons. The smallest absolute Gasteiger partial charge is 0.409 e. The molecule has 0 bridgehead atoms. The highest BCUT2D eigenvalue weighted by Gasteiger charge is 2.23. The van der Waals surface area contributed by atoms with E-state index in [0.29, 0.717) is 43.6 Å². The molecule has 1 fully saturated rings. The molecule has 2 rings (SSSR count). The van der Waals surface area contributed by atoms with E-state index in [9.17, 15) is 4.79 Å². The average molecular weight is 350 g/mol. The topological polar surface area (TPSA) is 83.0 Å². The number of amides is 1. The molecule has 0 unspecified atom stereocenters. The Morgan fingerprint density at radius 2 is 1.92 bits per heavy atom. The Morgan fingerprint density at radius 1 is 1.29 bits per heavy atom. The van der Waals surface area contributed by atoms with Crippen molar-refractivity contribution in [3.05, 3.63) is 23.8 Å². The summed E-state index contributed by atoms with van der Waals surface area (Å²) in [6.45, 7) is 8.35. The van der Waals surface area contributed by atoms with E-state index in [1.807, 2.05) is 18.7 Å². The third-order valence-electron chi connectivity index (χ3n) is 3.64. The van der Waals surface area contributed by atoms with Crippen molar-refractivity contribution in [1.29, 1.82) is 0 Å². The van der Waals surface area contributed by atoms with E-state index >= 15 is 0 Å². The van der Waals surface area contributed by atoms with Crippen LogP contribution in [0, 0.1) is 6.92 Å². The number of hydrogen-bond acceptors (Lipinski definition) is 6.